The van der Waals surface area contributed by atoms with E-state index in [0.29, 0.717) is 11.5 Å². The number of hydrogen-bond donors (Lipinski definition) is 1. The lowest BCUT2D eigenvalue weighted by molar-refractivity contribution is 0.0692. The lowest BCUT2D eigenvalue weighted by Crippen LogP contribution is -2.26. The first-order valence-corrected chi connectivity index (χ1v) is 6.98. The maximum atomic E-state index is 11.8. The van der Waals surface area contributed by atoms with E-state index in [9.17, 15) is 9.00 Å². The average molecular weight is 270 g/mol. The Kier molecular flexibility index (Phi) is 4.90. The van der Waals surface area contributed by atoms with Gasteiger partial charge in [-0.15, -0.1) is 0 Å². The van der Waals surface area contributed by atoms with Crippen LogP contribution < -0.4 is 4.74 Å². The van der Waals surface area contributed by atoms with Crippen LogP contribution in [0.15, 0.2) is 24.3 Å². The van der Waals surface area contributed by atoms with Crippen LogP contribution in [-0.4, -0.2) is 32.4 Å². The third-order valence-corrected chi connectivity index (χ3v) is 4.23. The van der Waals surface area contributed by atoms with E-state index in [-0.39, 0.29) is 16.9 Å². The molecule has 0 saturated carbocycles. The predicted molar refractivity (Wildman–Crippen MR) is 71.7 cm³/mol. The van der Waals surface area contributed by atoms with E-state index in [1.807, 2.05) is 20.8 Å². The Labute approximate surface area is 109 Å². The van der Waals surface area contributed by atoms with Crippen molar-refractivity contribution < 1.29 is 18.8 Å². The predicted octanol–water partition coefficient (Wildman–Crippen LogP) is 2.31. The van der Waals surface area contributed by atoms with Gasteiger partial charge >= 0.3 is 5.97 Å². The van der Waals surface area contributed by atoms with Gasteiger partial charge in [0.15, 0.2) is 0 Å². The molecule has 0 bridgehead atoms. The molecule has 0 spiro atoms. The molecule has 0 saturated heterocycles. The molecule has 0 aliphatic heterocycles. The van der Waals surface area contributed by atoms with Crippen LogP contribution >= 0.6 is 0 Å². The van der Waals surface area contributed by atoms with Crippen LogP contribution in [0, 0.1) is 0 Å². The molecule has 0 aromatic heterocycles. The fraction of sp³-hybridized carbons (Fsp3) is 0.462. The van der Waals surface area contributed by atoms with Crippen LogP contribution in [0.4, 0.5) is 0 Å². The highest BCUT2D eigenvalue weighted by Gasteiger charge is 2.19. The van der Waals surface area contributed by atoms with Crippen LogP contribution in [0.2, 0.25) is 0 Å². The summed E-state index contributed by atoms with van der Waals surface area (Å²) in [5.41, 5.74) is 0.124. The van der Waals surface area contributed by atoms with Crippen molar-refractivity contribution in [2.75, 3.05) is 12.4 Å². The van der Waals surface area contributed by atoms with Crippen LogP contribution in [0.1, 0.15) is 31.1 Å². The molecule has 1 aromatic rings. The Morgan fingerprint density at radius 2 is 1.94 bits per heavy atom. The Bertz CT molecular complexity index is 449. The fourth-order valence-electron chi connectivity index (χ4n) is 1.30. The fourth-order valence-corrected chi connectivity index (χ4v) is 2.15. The van der Waals surface area contributed by atoms with Gasteiger partial charge in [0, 0.05) is 15.5 Å². The molecular formula is C13H18O4S. The number of benzene rings is 1. The minimum atomic E-state index is -1.03. The first-order chi connectivity index (χ1) is 8.32. The van der Waals surface area contributed by atoms with Gasteiger partial charge in [-0.3, -0.25) is 4.21 Å². The minimum Gasteiger partial charge on any atom is -0.492 e. The van der Waals surface area contributed by atoms with Gasteiger partial charge in [-0.05, 0) is 32.9 Å². The first kappa shape index (κ1) is 14.7. The van der Waals surface area contributed by atoms with Crippen LogP contribution in [0.25, 0.3) is 0 Å². The molecule has 18 heavy (non-hydrogen) atoms. The highest BCUT2D eigenvalue weighted by atomic mass is 32.2. The summed E-state index contributed by atoms with van der Waals surface area (Å²) in [5.74, 6) is -0.323. The molecule has 1 unspecified atom stereocenters. The van der Waals surface area contributed by atoms with Gasteiger partial charge in [-0.1, -0.05) is 12.1 Å². The Morgan fingerprint density at radius 1 is 1.33 bits per heavy atom. The molecule has 0 amide bonds. The van der Waals surface area contributed by atoms with E-state index in [2.05, 4.69) is 0 Å². The Balaban J connectivity index is 2.60. The second-order valence-corrected chi connectivity index (χ2v) is 7.14. The Morgan fingerprint density at radius 3 is 2.50 bits per heavy atom. The molecule has 1 rings (SSSR count). The van der Waals surface area contributed by atoms with Crippen LogP contribution in [-0.2, 0) is 10.8 Å². The van der Waals surface area contributed by atoms with E-state index in [4.69, 9.17) is 9.84 Å². The summed E-state index contributed by atoms with van der Waals surface area (Å²) in [6.45, 7) is 5.94. The van der Waals surface area contributed by atoms with Crippen molar-refractivity contribution in [3.8, 4) is 5.75 Å². The summed E-state index contributed by atoms with van der Waals surface area (Å²) in [7, 11) is -1.00. The van der Waals surface area contributed by atoms with E-state index in [1.165, 1.54) is 6.07 Å². The van der Waals surface area contributed by atoms with Crippen molar-refractivity contribution in [3.05, 3.63) is 29.8 Å². The zero-order chi connectivity index (χ0) is 13.8. The van der Waals surface area contributed by atoms with E-state index in [0.717, 1.165) is 0 Å². The molecule has 0 aliphatic rings. The average Bonchev–Trinajstić information content (AvgIpc) is 2.28. The molecule has 0 heterocycles. The summed E-state index contributed by atoms with van der Waals surface area (Å²) in [5, 5.41) is 8.96. The molecule has 0 fully saturated rings. The number of carboxylic acid groups (broad SMARTS) is 1. The first-order valence-electron chi connectivity index (χ1n) is 5.66. The van der Waals surface area contributed by atoms with Gasteiger partial charge in [-0.2, -0.15) is 0 Å². The minimum absolute atomic E-state index is 0.124. The molecule has 1 aromatic carbocycles. The number of ether oxygens (including phenoxy) is 1. The summed E-state index contributed by atoms with van der Waals surface area (Å²) in [6, 6.07) is 6.44. The molecule has 0 aliphatic carbocycles. The number of hydrogen-bond acceptors (Lipinski definition) is 3. The van der Waals surface area contributed by atoms with Crippen molar-refractivity contribution in [1.82, 2.24) is 0 Å². The zero-order valence-corrected chi connectivity index (χ0v) is 11.6. The summed E-state index contributed by atoms with van der Waals surface area (Å²) in [6.07, 6.45) is 0. The lowest BCUT2D eigenvalue weighted by Gasteiger charge is -2.18. The van der Waals surface area contributed by atoms with Gasteiger partial charge in [0.25, 0.3) is 0 Å². The Hall–Kier alpha value is -1.36. The van der Waals surface area contributed by atoms with Crippen molar-refractivity contribution in [3.63, 3.8) is 0 Å². The molecule has 100 valence electrons. The van der Waals surface area contributed by atoms with Crippen molar-refractivity contribution >= 4 is 16.8 Å². The highest BCUT2D eigenvalue weighted by Crippen LogP contribution is 2.18. The lowest BCUT2D eigenvalue weighted by atomic mass is 10.2. The SMILES string of the molecule is CC(C)(C)S(=O)CCOc1ccccc1C(=O)O. The number of carboxylic acids is 1. The maximum Gasteiger partial charge on any atom is 0.339 e. The third kappa shape index (κ3) is 4.14. The monoisotopic (exact) mass is 270 g/mol. The van der Waals surface area contributed by atoms with Crippen molar-refractivity contribution in [2.45, 2.75) is 25.5 Å². The van der Waals surface area contributed by atoms with Crippen molar-refractivity contribution in [2.24, 2.45) is 0 Å². The van der Waals surface area contributed by atoms with Crippen LogP contribution in [0.5, 0.6) is 5.75 Å². The third-order valence-electron chi connectivity index (χ3n) is 2.33. The molecule has 4 nitrogen and oxygen atoms in total. The zero-order valence-electron chi connectivity index (χ0n) is 10.8. The summed E-state index contributed by atoms with van der Waals surface area (Å²) < 4.78 is 16.9. The van der Waals surface area contributed by atoms with Gasteiger partial charge in [0.2, 0.25) is 0 Å². The van der Waals surface area contributed by atoms with Gasteiger partial charge in [0.05, 0.1) is 12.4 Å². The van der Waals surface area contributed by atoms with E-state index >= 15 is 0 Å². The van der Waals surface area contributed by atoms with Gasteiger partial charge < -0.3 is 9.84 Å². The molecule has 1 N–H and O–H groups in total. The summed E-state index contributed by atoms with van der Waals surface area (Å²) >= 11 is 0. The molecular weight excluding hydrogens is 252 g/mol. The highest BCUT2D eigenvalue weighted by molar-refractivity contribution is 7.86. The number of aromatic carboxylic acids is 1. The number of carbonyl (C=O) groups is 1. The van der Waals surface area contributed by atoms with E-state index in [1.54, 1.807) is 18.2 Å². The number of rotatable bonds is 5. The standard InChI is InChI=1S/C13H18O4S/c1-13(2,3)18(16)9-8-17-11-7-5-4-6-10(11)12(14)15/h4-7H,8-9H2,1-3H3,(H,14,15). The second kappa shape index (κ2) is 6.00. The second-order valence-electron chi connectivity index (χ2n) is 4.81. The normalized spacial score (nSPS) is 13.1. The smallest absolute Gasteiger partial charge is 0.339 e. The number of para-hydroxylation sites is 1. The topological polar surface area (TPSA) is 63.6 Å². The summed E-state index contributed by atoms with van der Waals surface area (Å²) in [4.78, 5) is 10.9. The molecule has 5 heteroatoms. The molecule has 1 atom stereocenters. The van der Waals surface area contributed by atoms with E-state index < -0.39 is 16.8 Å². The van der Waals surface area contributed by atoms with Crippen molar-refractivity contribution in [1.29, 1.82) is 0 Å². The van der Waals surface area contributed by atoms with Gasteiger partial charge in [0.1, 0.15) is 11.3 Å². The maximum absolute atomic E-state index is 11.8. The van der Waals surface area contributed by atoms with Gasteiger partial charge in [-0.25, -0.2) is 4.79 Å². The molecule has 0 radical (unpaired) electrons. The van der Waals surface area contributed by atoms with Crippen LogP contribution in [0.3, 0.4) is 0 Å². The largest absolute Gasteiger partial charge is 0.492 e. The quantitative estimate of drug-likeness (QED) is 0.891.